The maximum Gasteiger partial charge on any atom is 0.263 e. The van der Waals surface area contributed by atoms with Gasteiger partial charge in [-0.15, -0.1) is 11.3 Å². The molecular weight excluding hydrogens is 412 g/mol. The summed E-state index contributed by atoms with van der Waals surface area (Å²) in [5.74, 6) is 1.18. The predicted molar refractivity (Wildman–Crippen MR) is 112 cm³/mol. The first-order chi connectivity index (χ1) is 14.1. The third kappa shape index (κ3) is 4.67. The summed E-state index contributed by atoms with van der Waals surface area (Å²) in [4.78, 5) is 27.6. The fraction of sp³-hybridized carbons (Fsp3) is 0.429. The molecule has 0 saturated carbocycles. The van der Waals surface area contributed by atoms with Crippen molar-refractivity contribution >= 4 is 34.8 Å². The topological polar surface area (TPSA) is 67.9 Å². The van der Waals surface area contributed by atoms with Gasteiger partial charge >= 0.3 is 0 Å². The fourth-order valence-electron chi connectivity index (χ4n) is 3.62. The number of thiophene rings is 1. The van der Waals surface area contributed by atoms with E-state index in [0.29, 0.717) is 62.2 Å². The Labute approximate surface area is 178 Å². The number of benzene rings is 1. The van der Waals surface area contributed by atoms with E-state index in [1.807, 2.05) is 28.5 Å². The first-order valence-electron chi connectivity index (χ1n) is 9.80. The molecular formula is C21H23ClN2O4S. The normalized spacial score (nSPS) is 16.9. The number of carbonyl (C=O) groups is 2. The van der Waals surface area contributed by atoms with E-state index >= 15 is 0 Å². The van der Waals surface area contributed by atoms with Crippen LogP contribution in [0.15, 0.2) is 29.6 Å². The van der Waals surface area contributed by atoms with Crippen molar-refractivity contribution in [3.63, 3.8) is 0 Å². The zero-order chi connectivity index (χ0) is 20.2. The van der Waals surface area contributed by atoms with Gasteiger partial charge < -0.3 is 19.7 Å². The van der Waals surface area contributed by atoms with Crippen LogP contribution < -0.4 is 14.8 Å². The first kappa shape index (κ1) is 20.0. The molecule has 2 aliphatic heterocycles. The van der Waals surface area contributed by atoms with Crippen molar-refractivity contribution in [2.45, 2.75) is 25.8 Å². The quantitative estimate of drug-likeness (QED) is 0.796. The number of rotatable bonds is 4. The lowest BCUT2D eigenvalue weighted by molar-refractivity contribution is -0.126. The van der Waals surface area contributed by atoms with Gasteiger partial charge in [0.05, 0.1) is 23.1 Å². The Bertz CT molecular complexity index is 879. The lowest BCUT2D eigenvalue weighted by atomic mass is 9.95. The van der Waals surface area contributed by atoms with Gasteiger partial charge in [0.2, 0.25) is 5.91 Å². The molecule has 1 aromatic carbocycles. The average molecular weight is 435 g/mol. The van der Waals surface area contributed by atoms with Gasteiger partial charge in [-0.25, -0.2) is 0 Å². The summed E-state index contributed by atoms with van der Waals surface area (Å²) in [5, 5.41) is 5.39. The van der Waals surface area contributed by atoms with E-state index < -0.39 is 0 Å². The van der Waals surface area contributed by atoms with Crippen LogP contribution in [0.3, 0.4) is 0 Å². The standard InChI is InChI=1S/C21H23ClN2O4S/c22-16-11-14(12-17-19(16)28-9-2-8-27-17)13-23-20(25)15-4-6-24(7-5-15)21(26)18-3-1-10-29-18/h1,3,10-12,15H,2,4-9,13H2,(H,23,25). The Balaban J connectivity index is 1.30. The molecule has 0 spiro atoms. The number of halogens is 1. The summed E-state index contributed by atoms with van der Waals surface area (Å²) >= 11 is 7.77. The van der Waals surface area contributed by atoms with Crippen molar-refractivity contribution in [3.05, 3.63) is 45.1 Å². The summed E-state index contributed by atoms with van der Waals surface area (Å²) in [5.41, 5.74) is 0.873. The van der Waals surface area contributed by atoms with Gasteiger partial charge in [0, 0.05) is 32.0 Å². The number of hydrogen-bond donors (Lipinski definition) is 1. The van der Waals surface area contributed by atoms with Crippen LogP contribution in [-0.4, -0.2) is 43.0 Å². The van der Waals surface area contributed by atoms with Crippen molar-refractivity contribution in [2.24, 2.45) is 5.92 Å². The lowest BCUT2D eigenvalue weighted by Gasteiger charge is -2.31. The number of ether oxygens (including phenoxy) is 2. The molecule has 0 aliphatic carbocycles. The average Bonchev–Trinajstić information content (AvgIpc) is 3.17. The fourth-order valence-corrected chi connectivity index (χ4v) is 4.60. The molecule has 154 valence electrons. The van der Waals surface area contributed by atoms with Crippen LogP contribution in [0.25, 0.3) is 0 Å². The zero-order valence-corrected chi connectivity index (χ0v) is 17.6. The Morgan fingerprint density at radius 1 is 1.21 bits per heavy atom. The molecule has 0 unspecified atom stereocenters. The lowest BCUT2D eigenvalue weighted by Crippen LogP contribution is -2.42. The molecule has 0 bridgehead atoms. The molecule has 4 rings (SSSR count). The summed E-state index contributed by atoms with van der Waals surface area (Å²) in [7, 11) is 0. The molecule has 2 amide bonds. The molecule has 1 fully saturated rings. The van der Waals surface area contributed by atoms with E-state index in [2.05, 4.69) is 5.32 Å². The van der Waals surface area contributed by atoms with Crippen molar-refractivity contribution in [3.8, 4) is 11.5 Å². The second-order valence-electron chi connectivity index (χ2n) is 7.22. The molecule has 0 atom stereocenters. The molecule has 0 radical (unpaired) electrons. The van der Waals surface area contributed by atoms with E-state index in [9.17, 15) is 9.59 Å². The van der Waals surface area contributed by atoms with E-state index in [1.54, 1.807) is 6.07 Å². The predicted octanol–water partition coefficient (Wildman–Crippen LogP) is 3.73. The van der Waals surface area contributed by atoms with Crippen molar-refractivity contribution < 1.29 is 19.1 Å². The maximum atomic E-state index is 12.6. The van der Waals surface area contributed by atoms with Gasteiger partial charge in [0.15, 0.2) is 11.5 Å². The second kappa shape index (κ2) is 9.05. The number of nitrogens with zero attached hydrogens (tertiary/aromatic N) is 1. The Hall–Kier alpha value is -2.25. The molecule has 3 heterocycles. The highest BCUT2D eigenvalue weighted by Crippen LogP contribution is 2.38. The Kier molecular flexibility index (Phi) is 6.25. The highest BCUT2D eigenvalue weighted by Gasteiger charge is 2.28. The highest BCUT2D eigenvalue weighted by molar-refractivity contribution is 7.12. The third-order valence-corrected chi connectivity index (χ3v) is 6.35. The summed E-state index contributed by atoms with van der Waals surface area (Å²) in [6.45, 7) is 2.75. The SMILES string of the molecule is O=C(NCc1cc(Cl)c2c(c1)OCCCO2)C1CCN(C(=O)c2cccs2)CC1. The Morgan fingerprint density at radius 2 is 2.00 bits per heavy atom. The van der Waals surface area contributed by atoms with Crippen LogP contribution in [0.4, 0.5) is 0 Å². The van der Waals surface area contributed by atoms with Crippen LogP contribution in [0.1, 0.15) is 34.5 Å². The van der Waals surface area contributed by atoms with E-state index in [-0.39, 0.29) is 17.7 Å². The van der Waals surface area contributed by atoms with Crippen LogP contribution >= 0.6 is 22.9 Å². The minimum Gasteiger partial charge on any atom is -0.489 e. The van der Waals surface area contributed by atoms with Gasteiger partial charge in [-0.1, -0.05) is 17.7 Å². The van der Waals surface area contributed by atoms with Crippen LogP contribution in [0.5, 0.6) is 11.5 Å². The number of carbonyl (C=O) groups excluding carboxylic acids is 2. The van der Waals surface area contributed by atoms with Crippen LogP contribution in [0.2, 0.25) is 5.02 Å². The van der Waals surface area contributed by atoms with Crippen LogP contribution in [0, 0.1) is 5.92 Å². The summed E-state index contributed by atoms with van der Waals surface area (Å²) in [6, 6.07) is 7.39. The minimum absolute atomic E-state index is 0.0106. The first-order valence-corrected chi connectivity index (χ1v) is 11.1. The molecule has 1 N–H and O–H groups in total. The second-order valence-corrected chi connectivity index (χ2v) is 8.57. The van der Waals surface area contributed by atoms with Gasteiger partial charge in [-0.05, 0) is 42.0 Å². The molecule has 29 heavy (non-hydrogen) atoms. The number of amides is 2. The number of hydrogen-bond acceptors (Lipinski definition) is 5. The van der Waals surface area contributed by atoms with Crippen molar-refractivity contribution in [1.82, 2.24) is 10.2 Å². The largest absolute Gasteiger partial charge is 0.489 e. The summed E-state index contributed by atoms with van der Waals surface area (Å²) in [6.07, 6.45) is 2.15. The van der Waals surface area contributed by atoms with Gasteiger partial charge in [-0.3, -0.25) is 9.59 Å². The Morgan fingerprint density at radius 3 is 2.76 bits per heavy atom. The third-order valence-electron chi connectivity index (χ3n) is 5.21. The number of fused-ring (bicyclic) bond motifs is 1. The number of likely N-dealkylation sites (tertiary alicyclic amines) is 1. The van der Waals surface area contributed by atoms with Gasteiger partial charge in [0.1, 0.15) is 0 Å². The van der Waals surface area contributed by atoms with E-state index in [0.717, 1.165) is 16.9 Å². The van der Waals surface area contributed by atoms with E-state index in [4.69, 9.17) is 21.1 Å². The van der Waals surface area contributed by atoms with Crippen LogP contribution in [-0.2, 0) is 11.3 Å². The van der Waals surface area contributed by atoms with Gasteiger partial charge in [0.25, 0.3) is 5.91 Å². The van der Waals surface area contributed by atoms with Crippen molar-refractivity contribution in [2.75, 3.05) is 26.3 Å². The molecule has 1 saturated heterocycles. The number of nitrogens with one attached hydrogen (secondary N) is 1. The molecule has 6 nitrogen and oxygen atoms in total. The molecule has 8 heteroatoms. The number of piperidine rings is 1. The zero-order valence-electron chi connectivity index (χ0n) is 16.0. The highest BCUT2D eigenvalue weighted by atomic mass is 35.5. The van der Waals surface area contributed by atoms with Gasteiger partial charge in [-0.2, -0.15) is 0 Å². The molecule has 2 aromatic rings. The smallest absolute Gasteiger partial charge is 0.263 e. The summed E-state index contributed by atoms with van der Waals surface area (Å²) < 4.78 is 11.3. The van der Waals surface area contributed by atoms with E-state index in [1.165, 1.54) is 11.3 Å². The van der Waals surface area contributed by atoms with Crippen molar-refractivity contribution in [1.29, 1.82) is 0 Å². The molecule has 2 aliphatic rings. The minimum atomic E-state index is -0.0849. The maximum absolute atomic E-state index is 12.6. The molecule has 1 aromatic heterocycles. The monoisotopic (exact) mass is 434 g/mol.